The molecule has 1 nitrogen and oxygen atoms in total. The van der Waals surface area contributed by atoms with Gasteiger partial charge in [0.25, 0.3) is 0 Å². The molecular formula is C16H17BrFNS. The largest absolute Gasteiger partial charge is 0.313 e. The minimum atomic E-state index is -0.147. The molecule has 1 aliphatic rings. The average Bonchev–Trinajstić information content (AvgIpc) is 3.17. The highest BCUT2D eigenvalue weighted by Crippen LogP contribution is 2.28. The van der Waals surface area contributed by atoms with Gasteiger partial charge in [-0.05, 0) is 59.0 Å². The van der Waals surface area contributed by atoms with Crippen LogP contribution in [0.2, 0.25) is 0 Å². The Kier molecular flexibility index (Phi) is 4.54. The van der Waals surface area contributed by atoms with E-state index in [0.29, 0.717) is 12.0 Å². The van der Waals surface area contributed by atoms with Gasteiger partial charge in [0.2, 0.25) is 0 Å². The van der Waals surface area contributed by atoms with Crippen molar-refractivity contribution in [1.29, 1.82) is 0 Å². The Balaban J connectivity index is 1.74. The standard InChI is InChI=1S/C16H17BrFNS/c17-13-8-16(20-10-13)7-12(9-19-15-4-5-15)11-2-1-3-14(18)6-11/h1-3,6,8,10,12,15,19H,4-5,7,9H2. The molecule has 0 radical (unpaired) electrons. The van der Waals surface area contributed by atoms with Gasteiger partial charge in [-0.15, -0.1) is 11.3 Å². The second kappa shape index (κ2) is 6.37. The van der Waals surface area contributed by atoms with Gasteiger partial charge in [0.15, 0.2) is 0 Å². The van der Waals surface area contributed by atoms with Crippen molar-refractivity contribution < 1.29 is 4.39 Å². The molecule has 1 heterocycles. The molecule has 2 aromatic rings. The van der Waals surface area contributed by atoms with E-state index >= 15 is 0 Å². The van der Waals surface area contributed by atoms with Gasteiger partial charge < -0.3 is 5.32 Å². The van der Waals surface area contributed by atoms with E-state index in [1.54, 1.807) is 23.5 Å². The highest BCUT2D eigenvalue weighted by Gasteiger charge is 2.23. The minimum Gasteiger partial charge on any atom is -0.313 e. The fourth-order valence-electron chi connectivity index (χ4n) is 2.37. The summed E-state index contributed by atoms with van der Waals surface area (Å²) in [5.41, 5.74) is 1.09. The molecule has 1 saturated carbocycles. The Labute approximate surface area is 131 Å². The van der Waals surface area contributed by atoms with Crippen molar-refractivity contribution in [2.24, 2.45) is 0 Å². The van der Waals surface area contributed by atoms with E-state index < -0.39 is 0 Å². The van der Waals surface area contributed by atoms with Crippen LogP contribution in [0.3, 0.4) is 0 Å². The average molecular weight is 354 g/mol. The molecule has 106 valence electrons. The maximum Gasteiger partial charge on any atom is 0.123 e. The van der Waals surface area contributed by atoms with E-state index in [-0.39, 0.29) is 5.82 Å². The van der Waals surface area contributed by atoms with Crippen molar-refractivity contribution >= 4 is 27.3 Å². The first-order valence-electron chi connectivity index (χ1n) is 6.92. The lowest BCUT2D eigenvalue weighted by molar-refractivity contribution is 0.571. The van der Waals surface area contributed by atoms with Crippen LogP contribution in [0, 0.1) is 5.82 Å². The van der Waals surface area contributed by atoms with E-state index in [1.165, 1.54) is 23.8 Å². The molecule has 0 aliphatic heterocycles. The Hall–Kier alpha value is -0.710. The lowest BCUT2D eigenvalue weighted by Crippen LogP contribution is -2.24. The third kappa shape index (κ3) is 3.90. The Morgan fingerprint density at radius 2 is 2.20 bits per heavy atom. The molecule has 1 atom stereocenters. The van der Waals surface area contributed by atoms with Crippen LogP contribution in [0.5, 0.6) is 0 Å². The normalized spacial score (nSPS) is 16.3. The third-order valence-corrected chi connectivity index (χ3v) is 5.34. The molecule has 0 spiro atoms. The Bertz CT molecular complexity index is 579. The van der Waals surface area contributed by atoms with Gasteiger partial charge in [-0.2, -0.15) is 0 Å². The van der Waals surface area contributed by atoms with Crippen LogP contribution < -0.4 is 5.32 Å². The molecule has 4 heteroatoms. The summed E-state index contributed by atoms with van der Waals surface area (Å²) < 4.78 is 14.6. The van der Waals surface area contributed by atoms with Gasteiger partial charge in [0.05, 0.1) is 0 Å². The number of rotatable bonds is 6. The van der Waals surface area contributed by atoms with Crippen LogP contribution >= 0.6 is 27.3 Å². The Morgan fingerprint density at radius 3 is 2.85 bits per heavy atom. The molecule has 0 bridgehead atoms. The highest BCUT2D eigenvalue weighted by atomic mass is 79.9. The lowest BCUT2D eigenvalue weighted by Gasteiger charge is -2.17. The summed E-state index contributed by atoms with van der Waals surface area (Å²) in [6.07, 6.45) is 3.51. The maximum atomic E-state index is 13.5. The van der Waals surface area contributed by atoms with Gasteiger partial charge in [-0.1, -0.05) is 12.1 Å². The first kappa shape index (κ1) is 14.2. The SMILES string of the molecule is Fc1cccc(C(CNC2CC2)Cc2cc(Br)cs2)c1. The van der Waals surface area contributed by atoms with Gasteiger partial charge >= 0.3 is 0 Å². The molecule has 1 fully saturated rings. The fourth-order valence-corrected chi connectivity index (χ4v) is 3.90. The van der Waals surface area contributed by atoms with E-state index in [4.69, 9.17) is 0 Å². The maximum absolute atomic E-state index is 13.5. The summed E-state index contributed by atoms with van der Waals surface area (Å²) >= 11 is 5.26. The van der Waals surface area contributed by atoms with Gasteiger partial charge in [-0.3, -0.25) is 0 Å². The summed E-state index contributed by atoms with van der Waals surface area (Å²) in [4.78, 5) is 1.34. The molecule has 1 aliphatic carbocycles. The summed E-state index contributed by atoms with van der Waals surface area (Å²) in [5, 5.41) is 5.68. The van der Waals surface area contributed by atoms with E-state index in [2.05, 4.69) is 32.7 Å². The molecule has 0 amide bonds. The highest BCUT2D eigenvalue weighted by molar-refractivity contribution is 9.10. The lowest BCUT2D eigenvalue weighted by atomic mass is 9.94. The van der Waals surface area contributed by atoms with E-state index in [9.17, 15) is 4.39 Å². The molecule has 0 saturated heterocycles. The molecule has 1 unspecified atom stereocenters. The number of thiophene rings is 1. The monoisotopic (exact) mass is 353 g/mol. The second-order valence-electron chi connectivity index (χ2n) is 5.37. The topological polar surface area (TPSA) is 12.0 Å². The van der Waals surface area contributed by atoms with Crippen molar-refractivity contribution in [3.05, 3.63) is 56.4 Å². The second-order valence-corrected chi connectivity index (χ2v) is 7.28. The van der Waals surface area contributed by atoms with Crippen LogP contribution in [-0.2, 0) is 6.42 Å². The first-order valence-corrected chi connectivity index (χ1v) is 8.60. The number of hydrogen-bond acceptors (Lipinski definition) is 2. The summed E-state index contributed by atoms with van der Waals surface area (Å²) in [5.74, 6) is 0.183. The number of halogens is 2. The zero-order chi connectivity index (χ0) is 13.9. The fraction of sp³-hybridized carbons (Fsp3) is 0.375. The van der Waals surface area contributed by atoms with Crippen molar-refractivity contribution in [3.63, 3.8) is 0 Å². The van der Waals surface area contributed by atoms with Crippen molar-refractivity contribution in [1.82, 2.24) is 5.32 Å². The van der Waals surface area contributed by atoms with Gasteiger partial charge in [0, 0.05) is 33.2 Å². The zero-order valence-electron chi connectivity index (χ0n) is 11.1. The number of hydrogen-bond donors (Lipinski definition) is 1. The minimum absolute atomic E-state index is 0.147. The van der Waals surface area contributed by atoms with Crippen molar-refractivity contribution in [2.75, 3.05) is 6.54 Å². The molecule has 3 rings (SSSR count). The summed E-state index contributed by atoms with van der Waals surface area (Å²) in [6, 6.07) is 9.86. The van der Waals surface area contributed by atoms with Gasteiger partial charge in [-0.25, -0.2) is 4.39 Å². The van der Waals surface area contributed by atoms with Crippen molar-refractivity contribution in [2.45, 2.75) is 31.2 Å². The first-order chi connectivity index (χ1) is 9.70. The number of nitrogens with one attached hydrogen (secondary N) is 1. The molecule has 1 aromatic heterocycles. The summed E-state index contributed by atoms with van der Waals surface area (Å²) in [7, 11) is 0. The van der Waals surface area contributed by atoms with Crippen LogP contribution in [0.4, 0.5) is 4.39 Å². The van der Waals surface area contributed by atoms with Crippen molar-refractivity contribution in [3.8, 4) is 0 Å². The summed E-state index contributed by atoms with van der Waals surface area (Å²) in [6.45, 7) is 0.920. The molecule has 1 aromatic carbocycles. The molecular weight excluding hydrogens is 337 g/mol. The molecule has 1 N–H and O–H groups in total. The van der Waals surface area contributed by atoms with Crippen LogP contribution in [0.25, 0.3) is 0 Å². The Morgan fingerprint density at radius 1 is 1.35 bits per heavy atom. The van der Waals surface area contributed by atoms with Gasteiger partial charge in [0.1, 0.15) is 5.82 Å². The third-order valence-electron chi connectivity index (χ3n) is 3.62. The predicted octanol–water partition coefficient (Wildman–Crippen LogP) is 4.73. The quantitative estimate of drug-likeness (QED) is 0.791. The van der Waals surface area contributed by atoms with Crippen LogP contribution in [-0.4, -0.2) is 12.6 Å². The zero-order valence-corrected chi connectivity index (χ0v) is 13.5. The van der Waals surface area contributed by atoms with Crippen LogP contribution in [0.15, 0.2) is 40.2 Å². The molecule has 20 heavy (non-hydrogen) atoms. The number of benzene rings is 1. The van der Waals surface area contributed by atoms with Crippen LogP contribution in [0.1, 0.15) is 29.2 Å². The van der Waals surface area contributed by atoms with E-state index in [1.807, 2.05) is 6.07 Å². The smallest absolute Gasteiger partial charge is 0.123 e. The van der Waals surface area contributed by atoms with E-state index in [0.717, 1.165) is 23.0 Å². The predicted molar refractivity (Wildman–Crippen MR) is 85.9 cm³/mol.